The lowest BCUT2D eigenvalue weighted by Crippen LogP contribution is -2.50. The first-order valence-corrected chi connectivity index (χ1v) is 9.16. The molecule has 1 N–H and O–H groups in total. The van der Waals surface area contributed by atoms with Gasteiger partial charge in [0.1, 0.15) is 11.6 Å². The van der Waals surface area contributed by atoms with Crippen LogP contribution in [0.25, 0.3) is 0 Å². The highest BCUT2D eigenvalue weighted by Crippen LogP contribution is 2.33. The van der Waals surface area contributed by atoms with E-state index in [0.29, 0.717) is 24.4 Å². The van der Waals surface area contributed by atoms with Crippen molar-refractivity contribution in [1.29, 1.82) is 0 Å². The molecule has 0 fully saturated rings. The molecule has 3 rings (SSSR count). The molecule has 2 aromatic carbocycles. The zero-order valence-corrected chi connectivity index (χ0v) is 15.3. The van der Waals surface area contributed by atoms with Gasteiger partial charge in [0.2, 0.25) is 5.91 Å². The zero-order chi connectivity index (χ0) is 19.2. The Hall–Kier alpha value is -2.89. The number of fused-ring (bicyclic) bond motifs is 1. The van der Waals surface area contributed by atoms with Crippen LogP contribution in [-0.4, -0.2) is 31.0 Å². The predicted octanol–water partition coefficient (Wildman–Crippen LogP) is 3.08. The van der Waals surface area contributed by atoms with E-state index in [4.69, 9.17) is 4.74 Å². The van der Waals surface area contributed by atoms with Gasteiger partial charge in [-0.2, -0.15) is 0 Å². The molecule has 0 bridgehead atoms. The number of ether oxygens (including phenoxy) is 1. The number of carbonyl (C=O) groups is 2. The molecule has 0 unspecified atom stereocenters. The summed E-state index contributed by atoms with van der Waals surface area (Å²) in [7, 11) is 0. The Morgan fingerprint density at radius 3 is 2.67 bits per heavy atom. The Balaban J connectivity index is 1.72. The van der Waals surface area contributed by atoms with Crippen molar-refractivity contribution in [3.8, 4) is 5.75 Å². The Kier molecular flexibility index (Phi) is 6.06. The quantitative estimate of drug-likeness (QED) is 0.850. The molecule has 0 aliphatic carbocycles. The molecular formula is C21H23FN2O3. The SMILES string of the molecule is CCCNC(=O)[C@@H]1CN(C(=O)CCc2ccc(F)cc2)c2ccccc2O1. The van der Waals surface area contributed by atoms with Gasteiger partial charge in [-0.1, -0.05) is 31.2 Å². The van der Waals surface area contributed by atoms with Gasteiger partial charge in [-0.05, 0) is 42.7 Å². The first kappa shape index (κ1) is 18.9. The topological polar surface area (TPSA) is 58.6 Å². The van der Waals surface area contributed by atoms with Gasteiger partial charge in [-0.15, -0.1) is 0 Å². The minimum absolute atomic E-state index is 0.0941. The number of aryl methyl sites for hydroxylation is 1. The van der Waals surface area contributed by atoms with Gasteiger partial charge in [-0.3, -0.25) is 9.59 Å². The van der Waals surface area contributed by atoms with Gasteiger partial charge in [-0.25, -0.2) is 4.39 Å². The van der Waals surface area contributed by atoms with Gasteiger partial charge in [0.25, 0.3) is 5.91 Å². The monoisotopic (exact) mass is 370 g/mol. The average molecular weight is 370 g/mol. The highest BCUT2D eigenvalue weighted by atomic mass is 19.1. The van der Waals surface area contributed by atoms with Crippen molar-refractivity contribution in [1.82, 2.24) is 5.32 Å². The zero-order valence-electron chi connectivity index (χ0n) is 15.3. The van der Waals surface area contributed by atoms with Crippen molar-refractivity contribution in [3.63, 3.8) is 0 Å². The Labute approximate surface area is 158 Å². The van der Waals surface area contributed by atoms with Crippen LogP contribution in [0.1, 0.15) is 25.3 Å². The third-order valence-corrected chi connectivity index (χ3v) is 4.46. The minimum Gasteiger partial charge on any atom is -0.477 e. The molecule has 0 spiro atoms. The molecule has 0 aromatic heterocycles. The third kappa shape index (κ3) is 4.64. The van der Waals surface area contributed by atoms with Crippen molar-refractivity contribution in [2.45, 2.75) is 32.3 Å². The van der Waals surface area contributed by atoms with Crippen LogP contribution >= 0.6 is 0 Å². The molecule has 2 aromatic rings. The summed E-state index contributed by atoms with van der Waals surface area (Å²) in [6, 6.07) is 13.3. The maximum Gasteiger partial charge on any atom is 0.262 e. The van der Waals surface area contributed by atoms with Crippen LogP contribution in [0.15, 0.2) is 48.5 Å². The first-order chi connectivity index (χ1) is 13.1. The number of carbonyl (C=O) groups excluding carboxylic acids is 2. The van der Waals surface area contributed by atoms with Gasteiger partial charge in [0.05, 0.1) is 12.2 Å². The number of amides is 2. The van der Waals surface area contributed by atoms with Crippen LogP contribution in [0.3, 0.4) is 0 Å². The lowest BCUT2D eigenvalue weighted by Gasteiger charge is -2.34. The second kappa shape index (κ2) is 8.66. The van der Waals surface area contributed by atoms with Crippen molar-refractivity contribution >= 4 is 17.5 Å². The maximum atomic E-state index is 13.0. The molecule has 5 nitrogen and oxygen atoms in total. The molecule has 0 radical (unpaired) electrons. The molecule has 1 atom stereocenters. The van der Waals surface area contributed by atoms with Crippen LogP contribution in [0.4, 0.5) is 10.1 Å². The van der Waals surface area contributed by atoms with Gasteiger partial charge in [0.15, 0.2) is 6.10 Å². The van der Waals surface area contributed by atoms with Crippen LogP contribution < -0.4 is 15.0 Å². The van der Waals surface area contributed by atoms with Gasteiger partial charge >= 0.3 is 0 Å². The van der Waals surface area contributed by atoms with Crippen molar-refractivity contribution in [3.05, 3.63) is 59.9 Å². The maximum absolute atomic E-state index is 13.0. The number of hydrogen-bond donors (Lipinski definition) is 1. The number of benzene rings is 2. The van der Waals surface area contributed by atoms with Crippen LogP contribution in [-0.2, 0) is 16.0 Å². The average Bonchev–Trinajstić information content (AvgIpc) is 2.70. The summed E-state index contributed by atoms with van der Waals surface area (Å²) in [5.74, 6) is -0.0882. The molecule has 1 heterocycles. The first-order valence-electron chi connectivity index (χ1n) is 9.16. The third-order valence-electron chi connectivity index (χ3n) is 4.46. The fraction of sp³-hybridized carbons (Fsp3) is 0.333. The minimum atomic E-state index is -0.735. The largest absolute Gasteiger partial charge is 0.477 e. The second-order valence-electron chi connectivity index (χ2n) is 6.50. The fourth-order valence-electron chi connectivity index (χ4n) is 3.01. The van der Waals surface area contributed by atoms with Gasteiger partial charge in [0, 0.05) is 13.0 Å². The number of nitrogens with one attached hydrogen (secondary N) is 1. The lowest BCUT2D eigenvalue weighted by atomic mass is 10.1. The van der Waals surface area contributed by atoms with E-state index in [1.54, 1.807) is 23.1 Å². The molecule has 6 heteroatoms. The van der Waals surface area contributed by atoms with E-state index in [-0.39, 0.29) is 30.6 Å². The molecule has 27 heavy (non-hydrogen) atoms. The molecule has 0 saturated carbocycles. The summed E-state index contributed by atoms with van der Waals surface area (Å²) in [4.78, 5) is 26.8. The smallest absolute Gasteiger partial charge is 0.262 e. The molecular weight excluding hydrogens is 347 g/mol. The number of hydrogen-bond acceptors (Lipinski definition) is 3. The number of nitrogens with zero attached hydrogens (tertiary/aromatic N) is 1. The molecule has 0 saturated heterocycles. The highest BCUT2D eigenvalue weighted by Gasteiger charge is 2.33. The van der Waals surface area contributed by atoms with Crippen molar-refractivity contribution in [2.24, 2.45) is 0 Å². The van der Waals surface area contributed by atoms with Gasteiger partial charge < -0.3 is 15.0 Å². The van der Waals surface area contributed by atoms with E-state index in [1.807, 2.05) is 25.1 Å². The summed E-state index contributed by atoms with van der Waals surface area (Å²) in [5, 5.41) is 2.82. The van der Waals surface area contributed by atoms with E-state index >= 15 is 0 Å². The lowest BCUT2D eigenvalue weighted by molar-refractivity contribution is -0.128. The van der Waals surface area contributed by atoms with E-state index < -0.39 is 6.10 Å². The molecule has 1 aliphatic rings. The summed E-state index contributed by atoms with van der Waals surface area (Å²) in [5.41, 5.74) is 1.56. The van der Waals surface area contributed by atoms with Crippen LogP contribution in [0.5, 0.6) is 5.75 Å². The Morgan fingerprint density at radius 1 is 1.19 bits per heavy atom. The van der Waals surface area contributed by atoms with Crippen LogP contribution in [0, 0.1) is 5.82 Å². The molecule has 142 valence electrons. The number of halogens is 1. The second-order valence-corrected chi connectivity index (χ2v) is 6.50. The van der Waals surface area contributed by atoms with Crippen molar-refractivity contribution in [2.75, 3.05) is 18.0 Å². The number of anilines is 1. The van der Waals surface area contributed by atoms with E-state index in [0.717, 1.165) is 12.0 Å². The Morgan fingerprint density at radius 2 is 1.93 bits per heavy atom. The fourth-order valence-corrected chi connectivity index (χ4v) is 3.01. The predicted molar refractivity (Wildman–Crippen MR) is 101 cm³/mol. The van der Waals surface area contributed by atoms with Crippen LogP contribution in [0.2, 0.25) is 0 Å². The van der Waals surface area contributed by atoms with Crippen molar-refractivity contribution < 1.29 is 18.7 Å². The number of rotatable bonds is 6. The van der Waals surface area contributed by atoms with E-state index in [2.05, 4.69) is 5.32 Å². The normalized spacial score (nSPS) is 15.6. The molecule has 1 aliphatic heterocycles. The summed E-state index contributed by atoms with van der Waals surface area (Å²) in [6.07, 6.45) is 0.866. The Bertz CT molecular complexity index is 807. The van der Waals surface area contributed by atoms with E-state index in [1.165, 1.54) is 12.1 Å². The summed E-state index contributed by atoms with van der Waals surface area (Å²) >= 11 is 0. The number of para-hydroxylation sites is 2. The standard InChI is InChI=1S/C21H23FN2O3/c1-2-13-23-21(26)19-14-24(17-5-3-4-6-18(17)27-19)20(25)12-9-15-7-10-16(22)11-8-15/h3-8,10-11,19H,2,9,12-14H2,1H3,(H,23,26)/t19-/m0/s1. The highest BCUT2D eigenvalue weighted by molar-refractivity contribution is 5.97. The molecule has 2 amide bonds. The summed E-state index contributed by atoms with van der Waals surface area (Å²) < 4.78 is 18.8. The van der Waals surface area contributed by atoms with E-state index in [9.17, 15) is 14.0 Å². The summed E-state index contributed by atoms with van der Waals surface area (Å²) in [6.45, 7) is 2.72.